The number of furan rings is 1. The molecule has 1 aromatic heterocycles. The van der Waals surface area contributed by atoms with Gasteiger partial charge in [0.25, 0.3) is 0 Å². The zero-order chi connectivity index (χ0) is 9.53. The fourth-order valence-electron chi connectivity index (χ4n) is 1.64. The first-order valence-corrected chi connectivity index (χ1v) is 8.17. The lowest BCUT2D eigenvalue weighted by Crippen LogP contribution is -2.31. The van der Waals surface area contributed by atoms with Gasteiger partial charge < -0.3 is 8.84 Å². The fourth-order valence-corrected chi connectivity index (χ4v) is 3.11. The van der Waals surface area contributed by atoms with E-state index in [1.807, 2.05) is 12.1 Å². The number of rotatable bonds is 3. The Hall–Kier alpha value is -0.543. The average molecular weight is 196 g/mol. The molecule has 0 unspecified atom stereocenters. The lowest BCUT2D eigenvalue weighted by molar-refractivity contribution is 0.143. The van der Waals surface area contributed by atoms with Crippen LogP contribution in [-0.2, 0) is 10.0 Å². The minimum absolute atomic E-state index is 0.0476. The van der Waals surface area contributed by atoms with Crippen LogP contribution in [0.25, 0.3) is 0 Å². The molecule has 0 atom stereocenters. The van der Waals surface area contributed by atoms with Gasteiger partial charge in [0.15, 0.2) is 8.32 Å². The average Bonchev–Trinajstić information content (AvgIpc) is 2.60. The number of hydrogen-bond acceptors (Lipinski definition) is 2. The second kappa shape index (κ2) is 2.72. The molecule has 2 rings (SSSR count). The summed E-state index contributed by atoms with van der Waals surface area (Å²) in [4.78, 5) is 0. The molecule has 0 saturated heterocycles. The van der Waals surface area contributed by atoms with Crippen molar-refractivity contribution in [3.63, 3.8) is 0 Å². The van der Waals surface area contributed by atoms with Crippen molar-refractivity contribution in [3.05, 3.63) is 24.2 Å². The van der Waals surface area contributed by atoms with Crippen molar-refractivity contribution in [2.75, 3.05) is 0 Å². The predicted molar refractivity (Wildman–Crippen MR) is 54.1 cm³/mol. The Labute approximate surface area is 80.0 Å². The van der Waals surface area contributed by atoms with Crippen LogP contribution in [0.5, 0.6) is 0 Å². The molecule has 0 aliphatic heterocycles. The summed E-state index contributed by atoms with van der Waals surface area (Å²) in [5.74, 6) is 1.01. The summed E-state index contributed by atoms with van der Waals surface area (Å²) < 4.78 is 11.5. The quantitative estimate of drug-likeness (QED) is 0.693. The van der Waals surface area contributed by atoms with Crippen LogP contribution >= 0.6 is 0 Å². The maximum atomic E-state index is 6.13. The molecular formula is C10H16O2Si. The highest BCUT2D eigenvalue weighted by Gasteiger charge is 2.50. The van der Waals surface area contributed by atoms with Crippen molar-refractivity contribution < 1.29 is 8.84 Å². The Morgan fingerprint density at radius 1 is 1.38 bits per heavy atom. The molecule has 0 spiro atoms. The van der Waals surface area contributed by atoms with Crippen molar-refractivity contribution in [1.29, 1.82) is 0 Å². The largest absolute Gasteiger partial charge is 0.466 e. The van der Waals surface area contributed by atoms with Crippen molar-refractivity contribution in [2.24, 2.45) is 0 Å². The van der Waals surface area contributed by atoms with Gasteiger partial charge in [0, 0.05) is 0 Å². The van der Waals surface area contributed by atoms with Gasteiger partial charge in [-0.25, -0.2) is 0 Å². The summed E-state index contributed by atoms with van der Waals surface area (Å²) in [5, 5.41) is 0. The molecule has 0 radical (unpaired) electrons. The summed E-state index contributed by atoms with van der Waals surface area (Å²) in [7, 11) is -1.45. The molecule has 1 aromatic rings. The predicted octanol–water partition coefficient (Wildman–Crippen LogP) is 3.12. The zero-order valence-electron chi connectivity index (χ0n) is 8.46. The first kappa shape index (κ1) is 9.03. The SMILES string of the molecule is C[Si](C)(C)OC1(c2ccco2)CC1. The molecule has 0 bridgehead atoms. The Morgan fingerprint density at radius 2 is 2.08 bits per heavy atom. The minimum atomic E-state index is -1.45. The van der Waals surface area contributed by atoms with Crippen LogP contribution in [0.1, 0.15) is 18.6 Å². The monoisotopic (exact) mass is 196 g/mol. The van der Waals surface area contributed by atoms with Crippen LogP contribution in [-0.4, -0.2) is 8.32 Å². The second-order valence-electron chi connectivity index (χ2n) is 4.69. The number of hydrogen-bond donors (Lipinski definition) is 0. The van der Waals surface area contributed by atoms with E-state index in [9.17, 15) is 0 Å². The van der Waals surface area contributed by atoms with E-state index < -0.39 is 8.32 Å². The molecule has 1 aliphatic carbocycles. The van der Waals surface area contributed by atoms with E-state index >= 15 is 0 Å². The van der Waals surface area contributed by atoms with Crippen LogP contribution < -0.4 is 0 Å². The van der Waals surface area contributed by atoms with Gasteiger partial charge in [-0.1, -0.05) is 0 Å². The first-order chi connectivity index (χ1) is 6.02. The van der Waals surface area contributed by atoms with Gasteiger partial charge in [0.05, 0.1) is 6.26 Å². The van der Waals surface area contributed by atoms with Gasteiger partial charge in [0.2, 0.25) is 0 Å². The third-order valence-electron chi connectivity index (χ3n) is 2.18. The summed E-state index contributed by atoms with van der Waals surface area (Å²) in [6.45, 7) is 6.65. The maximum Gasteiger partial charge on any atom is 0.185 e. The lowest BCUT2D eigenvalue weighted by atomic mass is 10.2. The topological polar surface area (TPSA) is 22.4 Å². The van der Waals surface area contributed by atoms with Crippen molar-refractivity contribution in [1.82, 2.24) is 0 Å². The van der Waals surface area contributed by atoms with Crippen LogP contribution in [0.2, 0.25) is 19.6 Å². The highest BCUT2D eigenvalue weighted by molar-refractivity contribution is 6.69. The maximum absolute atomic E-state index is 6.13. The van der Waals surface area contributed by atoms with Crippen molar-refractivity contribution in [3.8, 4) is 0 Å². The van der Waals surface area contributed by atoms with E-state index in [0.29, 0.717) is 0 Å². The Balaban J connectivity index is 2.14. The molecule has 0 N–H and O–H groups in total. The van der Waals surface area contributed by atoms with Crippen LogP contribution in [0.3, 0.4) is 0 Å². The minimum Gasteiger partial charge on any atom is -0.466 e. The van der Waals surface area contributed by atoms with Gasteiger partial charge >= 0.3 is 0 Å². The van der Waals surface area contributed by atoms with E-state index in [0.717, 1.165) is 18.6 Å². The highest BCUT2D eigenvalue weighted by Crippen LogP contribution is 2.50. The van der Waals surface area contributed by atoms with Crippen molar-refractivity contribution in [2.45, 2.75) is 38.1 Å². The standard InChI is InChI=1S/C10H16O2Si/c1-13(2,3)12-10(6-7-10)9-5-4-8-11-9/h4-5,8H,6-7H2,1-3H3. The first-order valence-electron chi connectivity index (χ1n) is 4.76. The summed E-state index contributed by atoms with van der Waals surface area (Å²) in [6, 6.07) is 3.95. The van der Waals surface area contributed by atoms with Crippen LogP contribution in [0.15, 0.2) is 22.8 Å². The molecule has 0 aromatic carbocycles. The smallest absolute Gasteiger partial charge is 0.185 e. The van der Waals surface area contributed by atoms with E-state index in [-0.39, 0.29) is 5.60 Å². The van der Waals surface area contributed by atoms with E-state index in [4.69, 9.17) is 8.84 Å². The van der Waals surface area contributed by atoms with Gasteiger partial charge in [-0.3, -0.25) is 0 Å². The van der Waals surface area contributed by atoms with Gasteiger partial charge in [-0.15, -0.1) is 0 Å². The third kappa shape index (κ3) is 1.86. The molecule has 1 fully saturated rings. The van der Waals surface area contributed by atoms with Crippen molar-refractivity contribution >= 4 is 8.32 Å². The van der Waals surface area contributed by atoms with Gasteiger partial charge in [0.1, 0.15) is 11.4 Å². The summed E-state index contributed by atoms with van der Waals surface area (Å²) in [6.07, 6.45) is 3.96. The molecule has 3 heteroatoms. The molecule has 2 nitrogen and oxygen atoms in total. The van der Waals surface area contributed by atoms with Crippen LogP contribution in [0.4, 0.5) is 0 Å². The Morgan fingerprint density at radius 3 is 2.46 bits per heavy atom. The van der Waals surface area contributed by atoms with Crippen LogP contribution in [0, 0.1) is 0 Å². The normalized spacial score (nSPS) is 20.2. The second-order valence-corrected chi connectivity index (χ2v) is 9.11. The summed E-state index contributed by atoms with van der Waals surface area (Å²) >= 11 is 0. The third-order valence-corrected chi connectivity index (χ3v) is 3.18. The Kier molecular flexibility index (Phi) is 1.89. The van der Waals surface area contributed by atoms with E-state index in [1.54, 1.807) is 6.26 Å². The van der Waals surface area contributed by atoms with Gasteiger partial charge in [-0.05, 0) is 44.6 Å². The molecule has 13 heavy (non-hydrogen) atoms. The lowest BCUT2D eigenvalue weighted by Gasteiger charge is -2.24. The fraction of sp³-hybridized carbons (Fsp3) is 0.600. The molecule has 1 aliphatic rings. The zero-order valence-corrected chi connectivity index (χ0v) is 9.46. The molecule has 72 valence electrons. The molecule has 1 saturated carbocycles. The summed E-state index contributed by atoms with van der Waals surface area (Å²) in [5.41, 5.74) is -0.0476. The Bertz CT molecular complexity index is 280. The molecule has 1 heterocycles. The van der Waals surface area contributed by atoms with E-state index in [1.165, 1.54) is 0 Å². The molecule has 0 amide bonds. The highest BCUT2D eigenvalue weighted by atomic mass is 28.4. The van der Waals surface area contributed by atoms with Gasteiger partial charge in [-0.2, -0.15) is 0 Å². The van der Waals surface area contributed by atoms with E-state index in [2.05, 4.69) is 19.6 Å². The molecular weight excluding hydrogens is 180 g/mol.